The molecule has 0 spiro atoms. The number of hydrogen-bond donors (Lipinski definition) is 2. The van der Waals surface area contributed by atoms with Crippen molar-refractivity contribution < 1.29 is 4.79 Å². The van der Waals surface area contributed by atoms with Crippen LogP contribution < -0.4 is 10.9 Å². The lowest BCUT2D eigenvalue weighted by Gasteiger charge is -2.05. The van der Waals surface area contributed by atoms with E-state index in [2.05, 4.69) is 15.3 Å². The van der Waals surface area contributed by atoms with Crippen LogP contribution in [-0.2, 0) is 29.9 Å². The highest BCUT2D eigenvalue weighted by Gasteiger charge is 2.21. The van der Waals surface area contributed by atoms with Crippen LogP contribution in [0.1, 0.15) is 28.2 Å². The Kier molecular flexibility index (Phi) is 5.08. The summed E-state index contributed by atoms with van der Waals surface area (Å²) >= 11 is 3.10. The second kappa shape index (κ2) is 7.63. The van der Waals surface area contributed by atoms with Crippen molar-refractivity contribution in [2.24, 2.45) is 0 Å². The Morgan fingerprint density at radius 1 is 1.27 bits per heavy atom. The minimum Gasteiger partial charge on any atom is -0.351 e. The third kappa shape index (κ3) is 3.68. The van der Waals surface area contributed by atoms with Crippen molar-refractivity contribution in [1.29, 1.82) is 0 Å². The van der Waals surface area contributed by atoms with Crippen molar-refractivity contribution in [3.05, 3.63) is 62.5 Å². The van der Waals surface area contributed by atoms with Gasteiger partial charge in [0, 0.05) is 11.4 Å². The number of nitrogens with one attached hydrogen (secondary N) is 2. The molecule has 7 heteroatoms. The van der Waals surface area contributed by atoms with Gasteiger partial charge >= 0.3 is 0 Å². The average molecular weight is 386 g/mol. The number of thioether (sulfide) groups is 1. The molecule has 1 amide bonds. The highest BCUT2D eigenvalue weighted by molar-refractivity contribution is 7.99. The first-order valence-corrected chi connectivity index (χ1v) is 10.6. The summed E-state index contributed by atoms with van der Waals surface area (Å²) < 4.78 is 0. The summed E-state index contributed by atoms with van der Waals surface area (Å²) in [7, 11) is 0. The van der Waals surface area contributed by atoms with E-state index in [1.54, 1.807) is 11.3 Å². The predicted octanol–water partition coefficient (Wildman–Crippen LogP) is 3.02. The topological polar surface area (TPSA) is 74.8 Å². The fourth-order valence-electron chi connectivity index (χ4n) is 3.20. The molecule has 0 atom stereocenters. The van der Waals surface area contributed by atoms with Crippen LogP contribution in [0.15, 0.2) is 35.1 Å². The van der Waals surface area contributed by atoms with E-state index >= 15 is 0 Å². The van der Waals surface area contributed by atoms with Gasteiger partial charge in [-0.3, -0.25) is 9.59 Å². The lowest BCUT2D eigenvalue weighted by molar-refractivity contribution is -0.118. The molecule has 0 unspecified atom stereocenters. The first-order chi connectivity index (χ1) is 12.7. The number of thiophene rings is 1. The molecule has 2 aromatic heterocycles. The molecule has 3 aromatic rings. The van der Waals surface area contributed by atoms with Crippen LogP contribution in [-0.4, -0.2) is 21.6 Å². The van der Waals surface area contributed by atoms with E-state index in [0.29, 0.717) is 23.9 Å². The number of fused-ring (bicyclic) bond motifs is 3. The Hall–Kier alpha value is -2.12. The fraction of sp³-hybridized carbons (Fsp3) is 0.316. The molecule has 0 radical (unpaired) electrons. The van der Waals surface area contributed by atoms with Crippen LogP contribution >= 0.6 is 23.1 Å². The Morgan fingerprint density at radius 3 is 2.96 bits per heavy atom. The van der Waals surface area contributed by atoms with Gasteiger partial charge in [0.2, 0.25) is 5.91 Å². The summed E-state index contributed by atoms with van der Waals surface area (Å²) in [6.45, 7) is 0.530. The third-order valence-corrected chi connectivity index (χ3v) is 6.56. The number of amides is 1. The normalized spacial score (nSPS) is 13.1. The van der Waals surface area contributed by atoms with Crippen molar-refractivity contribution in [2.75, 3.05) is 5.75 Å². The van der Waals surface area contributed by atoms with E-state index < -0.39 is 0 Å². The predicted molar refractivity (Wildman–Crippen MR) is 107 cm³/mol. The smallest absolute Gasteiger partial charge is 0.259 e. The highest BCUT2D eigenvalue weighted by atomic mass is 32.2. The van der Waals surface area contributed by atoms with Gasteiger partial charge in [0.25, 0.3) is 5.56 Å². The fourth-order valence-corrected chi connectivity index (χ4v) is 5.20. The zero-order valence-corrected chi connectivity index (χ0v) is 15.8. The minimum absolute atomic E-state index is 0.0163. The number of nitrogens with zero attached hydrogens (tertiary/aromatic N) is 1. The van der Waals surface area contributed by atoms with Crippen LogP contribution in [0.5, 0.6) is 0 Å². The van der Waals surface area contributed by atoms with Gasteiger partial charge in [-0.15, -0.1) is 23.1 Å². The number of aromatic amines is 1. The summed E-state index contributed by atoms with van der Waals surface area (Å²) in [6.07, 6.45) is 3.17. The first kappa shape index (κ1) is 17.3. The van der Waals surface area contributed by atoms with Crippen LogP contribution in [0, 0.1) is 0 Å². The molecular formula is C19H19N3O2S2. The molecule has 5 nitrogen and oxygen atoms in total. The van der Waals surface area contributed by atoms with Crippen LogP contribution in [0.25, 0.3) is 10.2 Å². The summed E-state index contributed by atoms with van der Waals surface area (Å²) in [6, 6.07) is 9.82. The van der Waals surface area contributed by atoms with Crippen molar-refractivity contribution in [3.8, 4) is 0 Å². The lowest BCUT2D eigenvalue weighted by Crippen LogP contribution is -2.24. The van der Waals surface area contributed by atoms with Crippen LogP contribution in [0.3, 0.4) is 0 Å². The van der Waals surface area contributed by atoms with Gasteiger partial charge in [0.1, 0.15) is 10.7 Å². The molecule has 0 fully saturated rings. The van der Waals surface area contributed by atoms with Gasteiger partial charge in [-0.25, -0.2) is 4.98 Å². The Balaban J connectivity index is 1.33. The van der Waals surface area contributed by atoms with Crippen molar-refractivity contribution in [1.82, 2.24) is 15.3 Å². The van der Waals surface area contributed by atoms with E-state index in [9.17, 15) is 9.59 Å². The maximum absolute atomic E-state index is 12.4. The standard InChI is InChI=1S/C19H19N3O2S2/c23-16(20-9-12-5-2-1-3-6-12)11-25-10-15-21-18(24)17-13-7-4-8-14(13)26-19(17)22-15/h1-3,5-6H,4,7-11H2,(H,20,23)(H,21,22,24). The SMILES string of the molecule is O=C(CSCc1nc2sc3c(c2c(=O)[nH]1)CCC3)NCc1ccccc1. The molecular weight excluding hydrogens is 366 g/mol. The molecule has 2 heterocycles. The number of benzene rings is 1. The maximum Gasteiger partial charge on any atom is 0.259 e. The molecule has 134 valence electrons. The van der Waals surface area contributed by atoms with Crippen molar-refractivity contribution >= 4 is 39.2 Å². The summed E-state index contributed by atoms with van der Waals surface area (Å²) in [5.41, 5.74) is 2.23. The lowest BCUT2D eigenvalue weighted by atomic mass is 10.2. The number of aromatic nitrogens is 2. The van der Waals surface area contributed by atoms with Gasteiger partial charge < -0.3 is 10.3 Å². The van der Waals surface area contributed by atoms with Crippen LogP contribution in [0.4, 0.5) is 0 Å². The van der Waals surface area contributed by atoms with E-state index in [0.717, 1.165) is 35.0 Å². The van der Waals surface area contributed by atoms with Crippen LogP contribution in [0.2, 0.25) is 0 Å². The van der Waals surface area contributed by atoms with Gasteiger partial charge in [0.05, 0.1) is 16.9 Å². The second-order valence-corrected chi connectivity index (χ2v) is 8.37. The number of hydrogen-bond acceptors (Lipinski definition) is 5. The minimum atomic E-state index is -0.0430. The van der Waals surface area contributed by atoms with E-state index in [1.165, 1.54) is 22.2 Å². The molecule has 2 N–H and O–H groups in total. The zero-order chi connectivity index (χ0) is 17.9. The average Bonchev–Trinajstić information content (AvgIpc) is 3.21. The maximum atomic E-state index is 12.4. The van der Waals surface area contributed by atoms with Gasteiger partial charge in [-0.05, 0) is 30.4 Å². The zero-order valence-electron chi connectivity index (χ0n) is 14.2. The molecule has 26 heavy (non-hydrogen) atoms. The number of H-pyrrole nitrogens is 1. The monoisotopic (exact) mass is 385 g/mol. The Morgan fingerprint density at radius 2 is 2.12 bits per heavy atom. The molecule has 1 aromatic carbocycles. The van der Waals surface area contributed by atoms with Crippen molar-refractivity contribution in [2.45, 2.75) is 31.6 Å². The summed E-state index contributed by atoms with van der Waals surface area (Å²) in [5, 5.41) is 3.68. The Bertz CT molecular complexity index is 995. The third-order valence-electron chi connectivity index (χ3n) is 4.43. The Labute approximate surface area is 159 Å². The number of rotatable bonds is 6. The summed E-state index contributed by atoms with van der Waals surface area (Å²) in [4.78, 5) is 34.0. The molecule has 1 aliphatic carbocycles. The number of carbonyl (C=O) groups is 1. The molecule has 0 bridgehead atoms. The molecule has 0 saturated heterocycles. The van der Waals surface area contributed by atoms with E-state index in [-0.39, 0.29) is 11.5 Å². The number of aryl methyl sites for hydroxylation is 2. The van der Waals surface area contributed by atoms with E-state index in [4.69, 9.17) is 0 Å². The first-order valence-electron chi connectivity index (χ1n) is 8.62. The summed E-state index contributed by atoms with van der Waals surface area (Å²) in [5.74, 6) is 1.49. The van der Waals surface area contributed by atoms with E-state index in [1.807, 2.05) is 30.3 Å². The van der Waals surface area contributed by atoms with Gasteiger partial charge in [-0.2, -0.15) is 0 Å². The quantitative estimate of drug-likeness (QED) is 0.684. The highest BCUT2D eigenvalue weighted by Crippen LogP contribution is 2.34. The number of carbonyl (C=O) groups excluding carboxylic acids is 1. The molecule has 0 saturated carbocycles. The molecule has 1 aliphatic rings. The molecule has 4 rings (SSSR count). The second-order valence-electron chi connectivity index (χ2n) is 6.31. The van der Waals surface area contributed by atoms with Crippen molar-refractivity contribution in [3.63, 3.8) is 0 Å². The molecule has 0 aliphatic heterocycles. The largest absolute Gasteiger partial charge is 0.351 e. The van der Waals surface area contributed by atoms with Gasteiger partial charge in [-0.1, -0.05) is 30.3 Å². The van der Waals surface area contributed by atoms with Gasteiger partial charge in [0.15, 0.2) is 0 Å².